The summed E-state index contributed by atoms with van der Waals surface area (Å²) < 4.78 is 28.2. The van der Waals surface area contributed by atoms with Crippen LogP contribution in [0.5, 0.6) is 0 Å². The summed E-state index contributed by atoms with van der Waals surface area (Å²) in [4.78, 5) is 25.7. The maximum Gasteiger partial charge on any atom is 0.264 e. The average Bonchev–Trinajstić information content (AvgIpc) is 2.93. The molecule has 0 saturated carbocycles. The Morgan fingerprint density at radius 3 is 2.25 bits per heavy atom. The molecule has 0 aliphatic rings. The molecule has 6 nitrogen and oxygen atoms in total. The first-order valence-corrected chi connectivity index (χ1v) is 15.2. The number of fused-ring (bicyclic) bond motifs is 1. The second-order valence-electron chi connectivity index (χ2n) is 9.94. The lowest BCUT2D eigenvalue weighted by Crippen LogP contribution is -2.34. The first-order valence-electron chi connectivity index (χ1n) is 13.3. The summed E-state index contributed by atoms with van der Waals surface area (Å²) in [5.74, 6) is -1.24. The predicted octanol–water partition coefficient (Wildman–Crippen LogP) is 6.31. The van der Waals surface area contributed by atoms with Crippen LogP contribution in [0.25, 0.3) is 10.8 Å². The Labute approximate surface area is 240 Å². The van der Waals surface area contributed by atoms with Gasteiger partial charge in [0.15, 0.2) is 0 Å². The molecule has 0 spiro atoms. The van der Waals surface area contributed by atoms with Gasteiger partial charge in [-0.1, -0.05) is 96.7 Å². The van der Waals surface area contributed by atoms with Gasteiger partial charge in [-0.25, -0.2) is 13.1 Å². The maximum absolute atomic E-state index is 13.4. The third kappa shape index (κ3) is 8.16. The number of carbonyl (C=O) groups excluding carboxylic acids is 2. The monoisotopic (exact) mass is 576 g/mol. The first kappa shape index (κ1) is 29.3. The summed E-state index contributed by atoms with van der Waals surface area (Å²) in [7, 11) is -4.00. The number of halogens is 1. The fourth-order valence-electron chi connectivity index (χ4n) is 4.58. The Hall–Kier alpha value is -3.68. The van der Waals surface area contributed by atoms with Crippen LogP contribution in [0.2, 0.25) is 5.02 Å². The first-order chi connectivity index (χ1) is 19.2. The van der Waals surface area contributed by atoms with Crippen molar-refractivity contribution in [3.05, 3.63) is 113 Å². The quantitative estimate of drug-likeness (QED) is 0.193. The molecule has 0 aliphatic heterocycles. The molecule has 1 atom stereocenters. The molecule has 4 aromatic carbocycles. The smallest absolute Gasteiger partial charge is 0.264 e. The van der Waals surface area contributed by atoms with Crippen LogP contribution in [-0.2, 0) is 26.0 Å². The van der Waals surface area contributed by atoms with E-state index < -0.39 is 21.8 Å². The van der Waals surface area contributed by atoms with E-state index in [0.717, 1.165) is 40.3 Å². The summed E-state index contributed by atoms with van der Waals surface area (Å²) in [6.07, 6.45) is 3.00. The molecule has 0 heterocycles. The largest absolute Gasteiger partial charge is 0.356 e. The topological polar surface area (TPSA) is 92.3 Å². The Kier molecular flexibility index (Phi) is 9.96. The van der Waals surface area contributed by atoms with Crippen LogP contribution in [0.15, 0.2) is 95.9 Å². The number of amides is 2. The van der Waals surface area contributed by atoms with Gasteiger partial charge in [0.2, 0.25) is 11.8 Å². The van der Waals surface area contributed by atoms with E-state index in [1.807, 2.05) is 61.5 Å². The van der Waals surface area contributed by atoms with E-state index >= 15 is 0 Å². The van der Waals surface area contributed by atoms with Crippen LogP contribution in [-0.4, -0.2) is 26.8 Å². The fourth-order valence-corrected chi connectivity index (χ4v) is 5.73. The van der Waals surface area contributed by atoms with Gasteiger partial charge in [-0.05, 0) is 65.9 Å². The van der Waals surface area contributed by atoms with Crippen molar-refractivity contribution < 1.29 is 18.0 Å². The standard InChI is InChI=1S/C32H33ClN2O4S/c1-23-10-18-29(19-11-23)40(38,39)35-32(37)30(27-15-14-25-7-4-5-8-26(25)22-27)9-3-2-6-20-34-31(36)21-24-12-16-28(33)17-13-24/h4-5,7-8,10-19,22,30H,2-3,6,9,20-21H2,1H3,(H,34,36)(H,35,37). The number of carbonyl (C=O) groups is 2. The minimum atomic E-state index is -4.00. The highest BCUT2D eigenvalue weighted by Gasteiger charge is 2.26. The highest BCUT2D eigenvalue weighted by molar-refractivity contribution is 7.90. The van der Waals surface area contributed by atoms with Gasteiger partial charge in [-0.3, -0.25) is 9.59 Å². The molecule has 0 radical (unpaired) electrons. The number of benzene rings is 4. The molecule has 0 saturated heterocycles. The van der Waals surface area contributed by atoms with Crippen LogP contribution in [0, 0.1) is 6.92 Å². The molecular formula is C32H33ClN2O4S. The Morgan fingerprint density at radius 2 is 1.52 bits per heavy atom. The summed E-state index contributed by atoms with van der Waals surface area (Å²) in [6, 6.07) is 27.2. The Morgan fingerprint density at radius 1 is 0.825 bits per heavy atom. The lowest BCUT2D eigenvalue weighted by Gasteiger charge is -2.18. The second-order valence-corrected chi connectivity index (χ2v) is 12.1. The van der Waals surface area contributed by atoms with Crippen molar-refractivity contribution in [2.24, 2.45) is 0 Å². The molecule has 0 bridgehead atoms. The minimum Gasteiger partial charge on any atom is -0.356 e. The normalized spacial score (nSPS) is 12.2. The summed E-state index contributed by atoms with van der Waals surface area (Å²) in [5.41, 5.74) is 2.60. The fraction of sp³-hybridized carbons (Fsp3) is 0.250. The van der Waals surface area contributed by atoms with Crippen molar-refractivity contribution in [3.63, 3.8) is 0 Å². The molecule has 4 rings (SSSR count). The lowest BCUT2D eigenvalue weighted by molar-refractivity contribution is -0.121. The number of unbranched alkanes of at least 4 members (excludes halogenated alkanes) is 2. The molecule has 8 heteroatoms. The van der Waals surface area contributed by atoms with E-state index in [0.29, 0.717) is 24.4 Å². The van der Waals surface area contributed by atoms with Crippen molar-refractivity contribution in [3.8, 4) is 0 Å². The van der Waals surface area contributed by atoms with Crippen LogP contribution in [0.3, 0.4) is 0 Å². The van der Waals surface area contributed by atoms with Gasteiger partial charge in [0.05, 0.1) is 17.2 Å². The van der Waals surface area contributed by atoms with Crippen LogP contribution < -0.4 is 10.0 Å². The molecule has 4 aromatic rings. The number of aryl methyl sites for hydroxylation is 1. The molecule has 2 amide bonds. The molecule has 1 unspecified atom stereocenters. The van der Waals surface area contributed by atoms with Crippen molar-refractivity contribution in [2.75, 3.05) is 6.54 Å². The van der Waals surface area contributed by atoms with Gasteiger partial charge in [0.25, 0.3) is 10.0 Å². The molecule has 0 aliphatic carbocycles. The van der Waals surface area contributed by atoms with Crippen molar-refractivity contribution in [2.45, 2.75) is 49.8 Å². The van der Waals surface area contributed by atoms with Gasteiger partial charge >= 0.3 is 0 Å². The predicted molar refractivity (Wildman–Crippen MR) is 160 cm³/mol. The number of hydrogen-bond donors (Lipinski definition) is 2. The zero-order valence-electron chi connectivity index (χ0n) is 22.4. The third-order valence-corrected chi connectivity index (χ3v) is 8.44. The van der Waals surface area contributed by atoms with Crippen LogP contribution in [0.1, 0.15) is 48.3 Å². The highest BCUT2D eigenvalue weighted by Crippen LogP contribution is 2.27. The lowest BCUT2D eigenvalue weighted by atomic mass is 9.91. The van der Waals surface area contributed by atoms with E-state index in [2.05, 4.69) is 10.0 Å². The van der Waals surface area contributed by atoms with Gasteiger partial charge in [-0.2, -0.15) is 0 Å². The molecule has 0 fully saturated rings. The molecule has 208 valence electrons. The number of rotatable bonds is 12. The van der Waals surface area contributed by atoms with Crippen molar-refractivity contribution in [1.29, 1.82) is 0 Å². The second kappa shape index (κ2) is 13.6. The zero-order chi connectivity index (χ0) is 28.5. The van der Waals surface area contributed by atoms with Crippen molar-refractivity contribution >= 4 is 44.2 Å². The SMILES string of the molecule is Cc1ccc(S(=O)(=O)NC(=O)C(CCCCCNC(=O)Cc2ccc(Cl)cc2)c2ccc3ccccc3c2)cc1. The molecule has 40 heavy (non-hydrogen) atoms. The molecule has 2 N–H and O–H groups in total. The van der Waals surface area contributed by atoms with E-state index in [1.54, 1.807) is 24.3 Å². The van der Waals surface area contributed by atoms with Crippen LogP contribution >= 0.6 is 11.6 Å². The van der Waals surface area contributed by atoms with Crippen molar-refractivity contribution in [1.82, 2.24) is 10.0 Å². The van der Waals surface area contributed by atoms with Gasteiger partial charge in [-0.15, -0.1) is 0 Å². The van der Waals surface area contributed by atoms with E-state index in [9.17, 15) is 18.0 Å². The van der Waals surface area contributed by atoms with Gasteiger partial charge in [0.1, 0.15) is 0 Å². The summed E-state index contributed by atoms with van der Waals surface area (Å²) in [6.45, 7) is 2.40. The number of nitrogens with one attached hydrogen (secondary N) is 2. The Bertz CT molecular complexity index is 1570. The summed E-state index contributed by atoms with van der Waals surface area (Å²) in [5, 5.41) is 5.60. The maximum atomic E-state index is 13.4. The van der Waals surface area contributed by atoms with E-state index in [-0.39, 0.29) is 17.2 Å². The van der Waals surface area contributed by atoms with Gasteiger partial charge < -0.3 is 5.32 Å². The number of hydrogen-bond acceptors (Lipinski definition) is 4. The molecule has 0 aromatic heterocycles. The van der Waals surface area contributed by atoms with E-state index in [4.69, 9.17) is 11.6 Å². The summed E-state index contributed by atoms with van der Waals surface area (Å²) >= 11 is 5.90. The van der Waals surface area contributed by atoms with Crippen LogP contribution in [0.4, 0.5) is 0 Å². The average molecular weight is 577 g/mol. The zero-order valence-corrected chi connectivity index (χ0v) is 24.0. The highest BCUT2D eigenvalue weighted by atomic mass is 35.5. The molecular weight excluding hydrogens is 544 g/mol. The van der Waals surface area contributed by atoms with E-state index in [1.165, 1.54) is 12.1 Å². The van der Waals surface area contributed by atoms with Gasteiger partial charge in [0, 0.05) is 11.6 Å². The third-order valence-electron chi connectivity index (χ3n) is 6.83. The minimum absolute atomic E-state index is 0.0538. The Balaban J connectivity index is 1.37. The number of sulfonamides is 1.